The normalized spacial score (nSPS) is 47.2. The standard InChI is InChI=1S/C26H35F3N2O/c1-16-5-10-25-15-24(25,11-16)9-6-18-19-3-4-21(23(19,2)8-7-20(18)25)22(32)14-31-13-17(12-30-31)26(27,28)29/h12-13,16,18-21H,3-11,14-15H2,1-2H3. The monoisotopic (exact) mass is 448 g/mol. The lowest BCUT2D eigenvalue weighted by Crippen LogP contribution is -2.49. The molecule has 0 N–H and O–H groups in total. The number of aromatic nitrogens is 2. The maximum Gasteiger partial charge on any atom is 0.419 e. The number of halogens is 3. The molecule has 0 radical (unpaired) electrons. The molecule has 6 rings (SSSR count). The molecule has 1 aromatic heterocycles. The summed E-state index contributed by atoms with van der Waals surface area (Å²) in [6.45, 7) is 4.72. The summed E-state index contributed by atoms with van der Waals surface area (Å²) in [5, 5.41) is 3.83. The summed E-state index contributed by atoms with van der Waals surface area (Å²) in [7, 11) is 0. The molecule has 5 aliphatic rings. The van der Waals surface area contributed by atoms with Crippen molar-refractivity contribution in [2.75, 3.05) is 0 Å². The van der Waals surface area contributed by atoms with Crippen molar-refractivity contribution in [2.45, 2.75) is 90.8 Å². The van der Waals surface area contributed by atoms with Crippen LogP contribution in [0.15, 0.2) is 12.4 Å². The van der Waals surface area contributed by atoms with E-state index in [4.69, 9.17) is 0 Å². The minimum Gasteiger partial charge on any atom is -0.297 e. The van der Waals surface area contributed by atoms with Gasteiger partial charge in [0.05, 0.1) is 18.3 Å². The van der Waals surface area contributed by atoms with Gasteiger partial charge in [-0.25, -0.2) is 0 Å². The van der Waals surface area contributed by atoms with Crippen molar-refractivity contribution in [3.05, 3.63) is 18.0 Å². The van der Waals surface area contributed by atoms with E-state index in [0.29, 0.717) is 16.7 Å². The van der Waals surface area contributed by atoms with E-state index >= 15 is 0 Å². The zero-order valence-corrected chi connectivity index (χ0v) is 19.3. The van der Waals surface area contributed by atoms with E-state index < -0.39 is 11.7 Å². The molecule has 5 aliphatic carbocycles. The van der Waals surface area contributed by atoms with Crippen molar-refractivity contribution in [3.8, 4) is 0 Å². The van der Waals surface area contributed by atoms with Crippen LogP contribution in [0.1, 0.15) is 83.6 Å². The van der Waals surface area contributed by atoms with Crippen LogP contribution in [0, 0.1) is 45.8 Å². The van der Waals surface area contributed by atoms with E-state index in [1.165, 1.54) is 49.6 Å². The molecule has 5 fully saturated rings. The van der Waals surface area contributed by atoms with Crippen LogP contribution in [0.2, 0.25) is 0 Å². The maximum absolute atomic E-state index is 13.3. The Hall–Kier alpha value is -1.33. The molecule has 8 atom stereocenters. The molecule has 0 bridgehead atoms. The lowest BCUT2D eigenvalue weighted by Gasteiger charge is -2.56. The summed E-state index contributed by atoms with van der Waals surface area (Å²) in [5.41, 5.74) is 0.474. The van der Waals surface area contributed by atoms with Crippen LogP contribution in [0.5, 0.6) is 0 Å². The summed E-state index contributed by atoms with van der Waals surface area (Å²) in [5.74, 6) is 3.11. The molecular weight excluding hydrogens is 413 g/mol. The largest absolute Gasteiger partial charge is 0.419 e. The van der Waals surface area contributed by atoms with Gasteiger partial charge in [-0.15, -0.1) is 0 Å². The summed E-state index contributed by atoms with van der Waals surface area (Å²) in [6, 6.07) is 0. The number of carbonyl (C=O) groups excluding carboxylic acids is 1. The van der Waals surface area contributed by atoms with Crippen molar-refractivity contribution in [1.82, 2.24) is 9.78 Å². The number of nitrogens with zero attached hydrogens (tertiary/aromatic N) is 2. The highest BCUT2D eigenvalue weighted by molar-refractivity contribution is 5.82. The zero-order chi connectivity index (χ0) is 22.5. The molecule has 0 amide bonds. The molecule has 8 unspecified atom stereocenters. The van der Waals surface area contributed by atoms with E-state index in [9.17, 15) is 18.0 Å². The predicted octanol–water partition coefficient (Wildman–Crippen LogP) is 6.52. The first-order valence-corrected chi connectivity index (χ1v) is 12.7. The highest BCUT2D eigenvalue weighted by Crippen LogP contribution is 2.83. The minimum atomic E-state index is -4.42. The van der Waals surface area contributed by atoms with Crippen molar-refractivity contribution < 1.29 is 18.0 Å². The van der Waals surface area contributed by atoms with Crippen molar-refractivity contribution in [2.24, 2.45) is 45.8 Å². The second-order valence-electron chi connectivity index (χ2n) is 12.4. The Morgan fingerprint density at radius 1 is 1.12 bits per heavy atom. The van der Waals surface area contributed by atoms with Gasteiger partial charge >= 0.3 is 6.18 Å². The Labute approximate surface area is 188 Å². The first-order valence-electron chi connectivity index (χ1n) is 12.7. The average Bonchev–Trinajstić information content (AvgIpc) is 2.99. The number of hydrogen-bond acceptors (Lipinski definition) is 2. The third-order valence-corrected chi connectivity index (χ3v) is 11.2. The van der Waals surface area contributed by atoms with Gasteiger partial charge in [0, 0.05) is 12.1 Å². The molecule has 1 heterocycles. The van der Waals surface area contributed by atoms with Crippen LogP contribution in [-0.2, 0) is 17.5 Å². The number of hydrogen-bond donors (Lipinski definition) is 0. The molecule has 0 aromatic carbocycles. The molecule has 176 valence electrons. The molecule has 0 saturated heterocycles. The lowest BCUT2D eigenvalue weighted by atomic mass is 9.49. The number of alkyl halides is 3. The maximum atomic E-state index is 13.3. The van der Waals surface area contributed by atoms with E-state index in [1.807, 2.05) is 0 Å². The van der Waals surface area contributed by atoms with E-state index in [2.05, 4.69) is 18.9 Å². The first kappa shape index (κ1) is 21.2. The Balaban J connectivity index is 1.19. The fourth-order valence-electron chi connectivity index (χ4n) is 9.83. The van der Waals surface area contributed by atoms with Gasteiger partial charge in [-0.2, -0.15) is 18.3 Å². The lowest BCUT2D eigenvalue weighted by molar-refractivity contribution is -0.138. The second-order valence-corrected chi connectivity index (χ2v) is 12.4. The van der Waals surface area contributed by atoms with Gasteiger partial charge in [0.1, 0.15) is 0 Å². The summed E-state index contributed by atoms with van der Waals surface area (Å²) < 4.78 is 39.9. The van der Waals surface area contributed by atoms with Crippen LogP contribution < -0.4 is 0 Å². The number of rotatable bonds is 3. The zero-order valence-electron chi connectivity index (χ0n) is 19.3. The molecule has 3 nitrogen and oxygen atoms in total. The van der Waals surface area contributed by atoms with Crippen LogP contribution in [0.25, 0.3) is 0 Å². The minimum absolute atomic E-state index is 0.00570. The van der Waals surface area contributed by atoms with Crippen LogP contribution in [0.3, 0.4) is 0 Å². The van der Waals surface area contributed by atoms with Crippen molar-refractivity contribution >= 4 is 5.78 Å². The van der Waals surface area contributed by atoms with Crippen LogP contribution in [-0.4, -0.2) is 15.6 Å². The molecule has 1 aromatic rings. The van der Waals surface area contributed by atoms with E-state index in [1.54, 1.807) is 0 Å². The third-order valence-electron chi connectivity index (χ3n) is 11.2. The third kappa shape index (κ3) is 2.79. The SMILES string of the molecule is CC1CCC23CC2(CCC2C4CCC(C(=O)Cn5cc(C(F)(F)F)cn5)C4(C)CCC23)C1. The average molecular weight is 449 g/mol. The Morgan fingerprint density at radius 3 is 2.69 bits per heavy atom. The summed E-state index contributed by atoms with van der Waals surface area (Å²) in [4.78, 5) is 13.3. The summed E-state index contributed by atoms with van der Waals surface area (Å²) in [6.07, 6.45) is 10.2. The van der Waals surface area contributed by atoms with Crippen LogP contribution in [0.4, 0.5) is 13.2 Å². The predicted molar refractivity (Wildman–Crippen MR) is 115 cm³/mol. The molecule has 5 saturated carbocycles. The fourth-order valence-corrected chi connectivity index (χ4v) is 9.83. The first-order chi connectivity index (χ1) is 15.1. The van der Waals surface area contributed by atoms with Gasteiger partial charge in [-0.05, 0) is 97.7 Å². The number of Topliss-reactive ketones (excluding diaryl/α,β-unsaturated/α-hetero) is 1. The number of ketones is 1. The van der Waals surface area contributed by atoms with Crippen molar-refractivity contribution in [3.63, 3.8) is 0 Å². The Kier molecular flexibility index (Phi) is 4.39. The highest BCUT2D eigenvalue weighted by Gasteiger charge is 2.75. The molecule has 0 aliphatic heterocycles. The Bertz CT molecular complexity index is 936. The molecular formula is C26H35F3N2O. The van der Waals surface area contributed by atoms with E-state index in [-0.39, 0.29) is 23.7 Å². The number of fused-ring (bicyclic) bond motifs is 3. The Morgan fingerprint density at radius 2 is 1.94 bits per heavy atom. The smallest absolute Gasteiger partial charge is 0.297 e. The van der Waals surface area contributed by atoms with Gasteiger partial charge in [-0.1, -0.05) is 20.3 Å². The van der Waals surface area contributed by atoms with Gasteiger partial charge in [0.25, 0.3) is 0 Å². The van der Waals surface area contributed by atoms with E-state index in [0.717, 1.165) is 49.4 Å². The van der Waals surface area contributed by atoms with Gasteiger partial charge in [0.15, 0.2) is 5.78 Å². The summed E-state index contributed by atoms with van der Waals surface area (Å²) >= 11 is 0. The molecule has 6 heteroatoms. The topological polar surface area (TPSA) is 34.9 Å². The second kappa shape index (κ2) is 6.63. The van der Waals surface area contributed by atoms with Gasteiger partial charge in [-0.3, -0.25) is 9.48 Å². The fraction of sp³-hybridized carbons (Fsp3) is 0.846. The van der Waals surface area contributed by atoms with Crippen molar-refractivity contribution in [1.29, 1.82) is 0 Å². The molecule has 32 heavy (non-hydrogen) atoms. The van der Waals surface area contributed by atoms with Gasteiger partial charge < -0.3 is 0 Å². The highest BCUT2D eigenvalue weighted by atomic mass is 19.4. The van der Waals surface area contributed by atoms with Crippen LogP contribution >= 0.6 is 0 Å². The number of carbonyl (C=O) groups is 1. The van der Waals surface area contributed by atoms with Gasteiger partial charge in [0.2, 0.25) is 0 Å². The quantitative estimate of drug-likeness (QED) is 0.528. The molecule has 0 spiro atoms.